The van der Waals surface area contributed by atoms with Crippen molar-refractivity contribution in [1.29, 1.82) is 0 Å². The van der Waals surface area contributed by atoms with E-state index in [1.54, 1.807) is 24.3 Å². The molecule has 1 aromatic rings. The van der Waals surface area contributed by atoms with Crippen LogP contribution in [0.15, 0.2) is 24.3 Å². The molecule has 0 saturated carbocycles. The Bertz CT molecular complexity index is 288. The Hall–Kier alpha value is -1.06. The quantitative estimate of drug-likeness (QED) is 0.704. The summed E-state index contributed by atoms with van der Waals surface area (Å²) in [6.07, 6.45) is 0. The van der Waals surface area contributed by atoms with Crippen LogP contribution < -0.4 is 4.84 Å². The van der Waals surface area contributed by atoms with Crippen LogP contribution >= 0.6 is 11.8 Å². The SMILES string of the molecule is O=C(O)c1ccccc1CNCl. The third-order valence-electron chi connectivity index (χ3n) is 1.51. The molecule has 0 spiro atoms. The minimum atomic E-state index is -0.933. The summed E-state index contributed by atoms with van der Waals surface area (Å²) in [6, 6.07) is 6.72. The second-order valence-corrected chi connectivity index (χ2v) is 2.54. The van der Waals surface area contributed by atoms with Gasteiger partial charge in [-0.15, -0.1) is 0 Å². The number of nitrogens with one attached hydrogen (secondary N) is 1. The van der Waals surface area contributed by atoms with Gasteiger partial charge < -0.3 is 5.11 Å². The van der Waals surface area contributed by atoms with E-state index in [9.17, 15) is 4.79 Å². The molecule has 1 rings (SSSR count). The first-order valence-electron chi connectivity index (χ1n) is 3.40. The highest BCUT2D eigenvalue weighted by molar-refractivity contribution is 6.13. The highest BCUT2D eigenvalue weighted by Crippen LogP contribution is 2.08. The fourth-order valence-electron chi connectivity index (χ4n) is 0.955. The summed E-state index contributed by atoms with van der Waals surface area (Å²) in [7, 11) is 0. The summed E-state index contributed by atoms with van der Waals surface area (Å²) in [5, 5.41) is 8.72. The molecule has 0 unspecified atom stereocenters. The molecule has 0 amide bonds. The Morgan fingerprint density at radius 2 is 2.17 bits per heavy atom. The maximum absolute atomic E-state index is 10.6. The van der Waals surface area contributed by atoms with Gasteiger partial charge in [-0.3, -0.25) is 0 Å². The van der Waals surface area contributed by atoms with Gasteiger partial charge in [-0.1, -0.05) is 18.2 Å². The van der Waals surface area contributed by atoms with Crippen LogP contribution in [0.4, 0.5) is 0 Å². The first kappa shape index (κ1) is 9.03. The van der Waals surface area contributed by atoms with E-state index in [0.717, 1.165) is 0 Å². The van der Waals surface area contributed by atoms with Gasteiger partial charge in [0.1, 0.15) is 0 Å². The number of hydrogen-bond donors (Lipinski definition) is 2. The molecule has 0 aromatic heterocycles. The summed E-state index contributed by atoms with van der Waals surface area (Å²) in [4.78, 5) is 13.0. The topological polar surface area (TPSA) is 49.3 Å². The Balaban J connectivity index is 3.00. The molecule has 4 heteroatoms. The number of aromatic carboxylic acids is 1. The fraction of sp³-hybridized carbons (Fsp3) is 0.125. The molecule has 1 aromatic carbocycles. The first-order chi connectivity index (χ1) is 5.75. The molecular formula is C8H8ClNO2. The average Bonchev–Trinajstić information content (AvgIpc) is 2.05. The highest BCUT2D eigenvalue weighted by Gasteiger charge is 2.07. The van der Waals surface area contributed by atoms with Crippen LogP contribution in [0, 0.1) is 0 Å². The summed E-state index contributed by atoms with van der Waals surface area (Å²) < 4.78 is 0. The molecule has 64 valence electrons. The lowest BCUT2D eigenvalue weighted by Gasteiger charge is -2.02. The molecule has 0 bridgehead atoms. The predicted molar refractivity (Wildman–Crippen MR) is 46.1 cm³/mol. The van der Waals surface area contributed by atoms with E-state index < -0.39 is 5.97 Å². The van der Waals surface area contributed by atoms with Gasteiger partial charge in [0.25, 0.3) is 0 Å². The lowest BCUT2D eigenvalue weighted by atomic mass is 10.1. The van der Waals surface area contributed by atoms with Gasteiger partial charge in [0.15, 0.2) is 0 Å². The van der Waals surface area contributed by atoms with E-state index in [0.29, 0.717) is 12.1 Å². The smallest absolute Gasteiger partial charge is 0.336 e. The van der Waals surface area contributed by atoms with Crippen LogP contribution in [0.3, 0.4) is 0 Å². The van der Waals surface area contributed by atoms with Crippen molar-refractivity contribution in [3.63, 3.8) is 0 Å². The van der Waals surface area contributed by atoms with E-state index in [4.69, 9.17) is 16.9 Å². The van der Waals surface area contributed by atoms with Crippen LogP contribution in [-0.4, -0.2) is 11.1 Å². The lowest BCUT2D eigenvalue weighted by molar-refractivity contribution is 0.0695. The summed E-state index contributed by atoms with van der Waals surface area (Å²) in [6.45, 7) is 0.351. The number of halogens is 1. The van der Waals surface area contributed by atoms with E-state index in [1.807, 2.05) is 0 Å². The van der Waals surface area contributed by atoms with Crippen molar-refractivity contribution in [2.45, 2.75) is 6.54 Å². The molecule has 0 atom stereocenters. The van der Waals surface area contributed by atoms with Crippen LogP contribution in [0.5, 0.6) is 0 Å². The molecule has 3 nitrogen and oxygen atoms in total. The van der Waals surface area contributed by atoms with Gasteiger partial charge >= 0.3 is 5.97 Å². The Morgan fingerprint density at radius 1 is 1.50 bits per heavy atom. The van der Waals surface area contributed by atoms with Crippen molar-refractivity contribution < 1.29 is 9.90 Å². The van der Waals surface area contributed by atoms with Gasteiger partial charge in [0.05, 0.1) is 5.56 Å². The van der Waals surface area contributed by atoms with E-state index in [1.165, 1.54) is 0 Å². The molecule has 12 heavy (non-hydrogen) atoms. The Morgan fingerprint density at radius 3 is 2.75 bits per heavy atom. The second kappa shape index (κ2) is 4.09. The third kappa shape index (κ3) is 1.96. The number of rotatable bonds is 3. The summed E-state index contributed by atoms with van der Waals surface area (Å²) in [5.74, 6) is -0.933. The Kier molecular flexibility index (Phi) is 3.08. The Labute approximate surface area is 75.1 Å². The van der Waals surface area contributed by atoms with Crippen molar-refractivity contribution in [3.05, 3.63) is 35.4 Å². The zero-order chi connectivity index (χ0) is 8.97. The maximum atomic E-state index is 10.6. The van der Waals surface area contributed by atoms with Gasteiger partial charge in [-0.2, -0.15) is 0 Å². The van der Waals surface area contributed by atoms with E-state index in [2.05, 4.69) is 4.84 Å². The number of benzene rings is 1. The van der Waals surface area contributed by atoms with Crippen LogP contribution in [0.25, 0.3) is 0 Å². The van der Waals surface area contributed by atoms with E-state index >= 15 is 0 Å². The number of carboxylic acids is 1. The standard InChI is InChI=1S/C8H8ClNO2/c9-10-5-6-3-1-2-4-7(6)8(11)12/h1-4,10H,5H2,(H,11,12). The minimum absolute atomic E-state index is 0.283. The van der Waals surface area contributed by atoms with Crippen LogP contribution in [-0.2, 0) is 6.54 Å². The number of carboxylic acid groups (broad SMARTS) is 1. The maximum Gasteiger partial charge on any atom is 0.336 e. The van der Waals surface area contributed by atoms with Crippen molar-refractivity contribution in [1.82, 2.24) is 4.84 Å². The monoisotopic (exact) mass is 185 g/mol. The molecule has 0 aliphatic rings. The molecule has 0 aliphatic carbocycles. The third-order valence-corrected chi connectivity index (χ3v) is 1.64. The van der Waals surface area contributed by atoms with Gasteiger partial charge in [0.2, 0.25) is 0 Å². The van der Waals surface area contributed by atoms with Crippen molar-refractivity contribution in [3.8, 4) is 0 Å². The van der Waals surface area contributed by atoms with Gasteiger partial charge in [0, 0.05) is 6.54 Å². The predicted octanol–water partition coefficient (Wildman–Crippen LogP) is 1.63. The lowest BCUT2D eigenvalue weighted by Crippen LogP contribution is -2.06. The molecule has 0 heterocycles. The average molecular weight is 186 g/mol. The zero-order valence-electron chi connectivity index (χ0n) is 6.25. The van der Waals surface area contributed by atoms with Crippen molar-refractivity contribution in [2.24, 2.45) is 0 Å². The number of carbonyl (C=O) groups is 1. The summed E-state index contributed by atoms with van der Waals surface area (Å²) >= 11 is 5.27. The van der Waals surface area contributed by atoms with Crippen molar-refractivity contribution >= 4 is 17.7 Å². The van der Waals surface area contributed by atoms with Crippen LogP contribution in [0.2, 0.25) is 0 Å². The summed E-state index contributed by atoms with van der Waals surface area (Å²) in [5.41, 5.74) is 0.964. The van der Waals surface area contributed by atoms with Gasteiger partial charge in [-0.25, -0.2) is 9.63 Å². The zero-order valence-corrected chi connectivity index (χ0v) is 7.01. The first-order valence-corrected chi connectivity index (χ1v) is 3.78. The van der Waals surface area contributed by atoms with Crippen molar-refractivity contribution in [2.75, 3.05) is 0 Å². The largest absolute Gasteiger partial charge is 0.478 e. The molecule has 0 radical (unpaired) electrons. The normalized spacial score (nSPS) is 9.75. The molecule has 0 fully saturated rings. The van der Waals surface area contributed by atoms with E-state index in [-0.39, 0.29) is 5.56 Å². The fourth-order valence-corrected chi connectivity index (χ4v) is 1.10. The molecule has 0 saturated heterocycles. The molecule has 0 aliphatic heterocycles. The minimum Gasteiger partial charge on any atom is -0.478 e. The van der Waals surface area contributed by atoms with Gasteiger partial charge in [-0.05, 0) is 23.4 Å². The second-order valence-electron chi connectivity index (χ2n) is 2.27. The van der Waals surface area contributed by atoms with Crippen LogP contribution in [0.1, 0.15) is 15.9 Å². The molecule has 2 N–H and O–H groups in total. The molecular weight excluding hydrogens is 178 g/mol. The number of hydrogen-bond acceptors (Lipinski definition) is 2. The highest BCUT2D eigenvalue weighted by atomic mass is 35.5.